The predicted molar refractivity (Wildman–Crippen MR) is 74.0 cm³/mol. The standard InChI is InChI=1S/C14H16BrNO2/c15-11-2-3-13(10(5-11)8-17)16-6-9-1-4-14(18)12(9)7-16/h2-3,5,8-9,12,14,18H,1,4,6-7H2. The number of hydrogen-bond donors (Lipinski definition) is 1. The third kappa shape index (κ3) is 1.97. The molecule has 0 spiro atoms. The molecule has 1 N–H and O–H groups in total. The van der Waals surface area contributed by atoms with Crippen molar-refractivity contribution in [2.45, 2.75) is 18.9 Å². The Morgan fingerprint density at radius 3 is 2.89 bits per heavy atom. The third-order valence-corrected chi connectivity index (χ3v) is 4.77. The highest BCUT2D eigenvalue weighted by Gasteiger charge is 2.42. The van der Waals surface area contributed by atoms with E-state index in [-0.39, 0.29) is 6.10 Å². The van der Waals surface area contributed by atoms with Gasteiger partial charge in [0.15, 0.2) is 6.29 Å². The number of rotatable bonds is 2. The lowest BCUT2D eigenvalue weighted by Gasteiger charge is -2.22. The summed E-state index contributed by atoms with van der Waals surface area (Å²) in [6, 6.07) is 5.81. The maximum absolute atomic E-state index is 11.2. The van der Waals surface area contributed by atoms with Crippen molar-refractivity contribution in [3.05, 3.63) is 28.2 Å². The van der Waals surface area contributed by atoms with Crippen molar-refractivity contribution in [2.24, 2.45) is 11.8 Å². The fourth-order valence-corrected chi connectivity index (χ4v) is 3.72. The quantitative estimate of drug-likeness (QED) is 0.853. The van der Waals surface area contributed by atoms with Crippen LogP contribution in [0.1, 0.15) is 23.2 Å². The molecule has 18 heavy (non-hydrogen) atoms. The molecule has 0 bridgehead atoms. The number of fused-ring (bicyclic) bond motifs is 1. The van der Waals surface area contributed by atoms with Gasteiger partial charge in [0.2, 0.25) is 0 Å². The van der Waals surface area contributed by atoms with Crippen molar-refractivity contribution in [3.8, 4) is 0 Å². The van der Waals surface area contributed by atoms with Crippen LogP contribution >= 0.6 is 15.9 Å². The van der Waals surface area contributed by atoms with E-state index in [0.29, 0.717) is 11.8 Å². The summed E-state index contributed by atoms with van der Waals surface area (Å²) in [7, 11) is 0. The number of aliphatic hydroxyl groups is 1. The van der Waals surface area contributed by atoms with Crippen LogP contribution in [0.2, 0.25) is 0 Å². The van der Waals surface area contributed by atoms with Gasteiger partial charge in [-0.3, -0.25) is 4.79 Å². The molecule has 1 saturated carbocycles. The van der Waals surface area contributed by atoms with Gasteiger partial charge in [0.05, 0.1) is 6.10 Å². The summed E-state index contributed by atoms with van der Waals surface area (Å²) in [5, 5.41) is 9.93. The van der Waals surface area contributed by atoms with E-state index >= 15 is 0 Å². The van der Waals surface area contributed by atoms with Gasteiger partial charge in [-0.05, 0) is 37.0 Å². The van der Waals surface area contributed by atoms with Crippen LogP contribution in [0.25, 0.3) is 0 Å². The van der Waals surface area contributed by atoms with Gasteiger partial charge < -0.3 is 10.0 Å². The minimum atomic E-state index is -0.157. The first-order chi connectivity index (χ1) is 8.69. The molecule has 3 atom stereocenters. The Bertz CT molecular complexity index is 477. The Morgan fingerprint density at radius 1 is 1.33 bits per heavy atom. The molecule has 4 heteroatoms. The van der Waals surface area contributed by atoms with Crippen molar-refractivity contribution in [1.29, 1.82) is 0 Å². The van der Waals surface area contributed by atoms with Crippen molar-refractivity contribution >= 4 is 27.9 Å². The van der Waals surface area contributed by atoms with Crippen LogP contribution in [0.5, 0.6) is 0 Å². The lowest BCUT2D eigenvalue weighted by atomic mass is 10.00. The average Bonchev–Trinajstić information content (AvgIpc) is 2.92. The highest BCUT2D eigenvalue weighted by molar-refractivity contribution is 9.10. The minimum absolute atomic E-state index is 0.157. The first-order valence-corrected chi connectivity index (χ1v) is 7.16. The summed E-state index contributed by atoms with van der Waals surface area (Å²) in [6.07, 6.45) is 2.79. The van der Waals surface area contributed by atoms with Gasteiger partial charge in [-0.2, -0.15) is 0 Å². The van der Waals surface area contributed by atoms with Crippen LogP contribution in [0.4, 0.5) is 5.69 Å². The zero-order valence-electron chi connectivity index (χ0n) is 10.1. The van der Waals surface area contributed by atoms with Crippen molar-refractivity contribution in [2.75, 3.05) is 18.0 Å². The highest BCUT2D eigenvalue weighted by atomic mass is 79.9. The summed E-state index contributed by atoms with van der Waals surface area (Å²) in [5.74, 6) is 0.969. The molecule has 2 aliphatic rings. The SMILES string of the molecule is O=Cc1cc(Br)ccc1N1CC2CCC(O)C2C1. The van der Waals surface area contributed by atoms with E-state index in [9.17, 15) is 9.90 Å². The molecule has 3 unspecified atom stereocenters. The van der Waals surface area contributed by atoms with Gasteiger partial charge in [0.25, 0.3) is 0 Å². The van der Waals surface area contributed by atoms with Crippen LogP contribution in [-0.2, 0) is 0 Å². The van der Waals surface area contributed by atoms with Gasteiger partial charge in [0, 0.05) is 34.7 Å². The third-order valence-electron chi connectivity index (χ3n) is 4.28. The lowest BCUT2D eigenvalue weighted by Crippen LogP contribution is -2.25. The molecule has 1 aliphatic heterocycles. The number of anilines is 1. The van der Waals surface area contributed by atoms with E-state index in [4.69, 9.17) is 0 Å². The molecule has 3 rings (SSSR count). The van der Waals surface area contributed by atoms with Crippen molar-refractivity contribution < 1.29 is 9.90 Å². The highest BCUT2D eigenvalue weighted by Crippen LogP contribution is 2.40. The Labute approximate surface area is 115 Å². The Balaban J connectivity index is 1.87. The van der Waals surface area contributed by atoms with Crippen molar-refractivity contribution in [3.63, 3.8) is 0 Å². The Hall–Kier alpha value is -0.870. The van der Waals surface area contributed by atoms with E-state index < -0.39 is 0 Å². The monoisotopic (exact) mass is 309 g/mol. The first kappa shape index (κ1) is 12.2. The fraction of sp³-hybridized carbons (Fsp3) is 0.500. The molecule has 96 valence electrons. The molecular weight excluding hydrogens is 294 g/mol. The van der Waals surface area contributed by atoms with Gasteiger partial charge in [-0.25, -0.2) is 0 Å². The molecule has 2 fully saturated rings. The molecular formula is C14H16BrNO2. The van der Waals surface area contributed by atoms with Gasteiger partial charge in [0.1, 0.15) is 0 Å². The number of nitrogens with zero attached hydrogens (tertiary/aromatic N) is 1. The molecule has 1 aliphatic carbocycles. The van der Waals surface area contributed by atoms with E-state index in [1.165, 1.54) is 0 Å². The van der Waals surface area contributed by atoms with E-state index in [1.807, 2.05) is 18.2 Å². The van der Waals surface area contributed by atoms with E-state index in [1.54, 1.807) is 0 Å². The molecule has 0 radical (unpaired) electrons. The minimum Gasteiger partial charge on any atom is -0.393 e. The summed E-state index contributed by atoms with van der Waals surface area (Å²) in [5.41, 5.74) is 1.72. The summed E-state index contributed by atoms with van der Waals surface area (Å²) in [6.45, 7) is 1.83. The number of hydrogen-bond acceptors (Lipinski definition) is 3. The second-order valence-corrected chi connectivity index (χ2v) is 6.21. The second kappa shape index (κ2) is 4.67. The fourth-order valence-electron chi connectivity index (χ4n) is 3.34. The van der Waals surface area contributed by atoms with Crippen LogP contribution in [0, 0.1) is 11.8 Å². The van der Waals surface area contributed by atoms with Gasteiger partial charge in [-0.15, -0.1) is 0 Å². The largest absolute Gasteiger partial charge is 0.393 e. The maximum atomic E-state index is 11.2. The van der Waals surface area contributed by atoms with E-state index in [0.717, 1.165) is 47.9 Å². The molecule has 1 heterocycles. The van der Waals surface area contributed by atoms with Crippen LogP contribution < -0.4 is 4.90 Å². The second-order valence-electron chi connectivity index (χ2n) is 5.29. The smallest absolute Gasteiger partial charge is 0.152 e. The summed E-state index contributed by atoms with van der Waals surface area (Å²) < 4.78 is 0.924. The molecule has 0 aromatic heterocycles. The zero-order chi connectivity index (χ0) is 12.7. The van der Waals surface area contributed by atoms with Crippen LogP contribution in [-0.4, -0.2) is 30.6 Å². The molecule has 0 amide bonds. The normalized spacial score (nSPS) is 30.6. The number of aliphatic hydroxyl groups excluding tert-OH is 1. The van der Waals surface area contributed by atoms with Crippen molar-refractivity contribution in [1.82, 2.24) is 0 Å². The van der Waals surface area contributed by atoms with Gasteiger partial charge in [-0.1, -0.05) is 15.9 Å². The van der Waals surface area contributed by atoms with Crippen LogP contribution in [0.3, 0.4) is 0 Å². The molecule has 1 aromatic carbocycles. The Kier molecular flexibility index (Phi) is 3.16. The number of halogens is 1. The number of carbonyl (C=O) groups is 1. The topological polar surface area (TPSA) is 40.5 Å². The maximum Gasteiger partial charge on any atom is 0.152 e. The average molecular weight is 310 g/mol. The zero-order valence-corrected chi connectivity index (χ0v) is 11.6. The Morgan fingerprint density at radius 2 is 2.17 bits per heavy atom. The molecule has 3 nitrogen and oxygen atoms in total. The molecule has 1 saturated heterocycles. The van der Waals surface area contributed by atoms with Crippen LogP contribution in [0.15, 0.2) is 22.7 Å². The number of carbonyl (C=O) groups excluding carboxylic acids is 1. The van der Waals surface area contributed by atoms with E-state index in [2.05, 4.69) is 20.8 Å². The summed E-state index contributed by atoms with van der Waals surface area (Å²) in [4.78, 5) is 13.4. The first-order valence-electron chi connectivity index (χ1n) is 6.37. The predicted octanol–water partition coefficient (Wildman–Crippen LogP) is 2.47. The molecule has 1 aromatic rings. The summed E-state index contributed by atoms with van der Waals surface area (Å²) >= 11 is 3.39. The van der Waals surface area contributed by atoms with Gasteiger partial charge >= 0.3 is 0 Å². The number of aldehydes is 1. The number of benzene rings is 1. The lowest BCUT2D eigenvalue weighted by molar-refractivity contribution is 0.112.